The number of imidazole rings is 1. The van der Waals surface area contributed by atoms with Crippen LogP contribution < -0.4 is 5.73 Å². The standard InChI is InChI=1S/C10H14N5O7P/c11-8-5-9(13-2-12-8)15(3-14-5)10-7(17)6(16)4(22-10)1-21-23(18,19)20/h2-4,6-7,10,16-17H,1H2,(H2,11,12,13)(H2,18,19,20)/t4-,6-,7+,10+/m0/s1. The lowest BCUT2D eigenvalue weighted by atomic mass is 10.1. The molecule has 2 aromatic rings. The summed E-state index contributed by atoms with van der Waals surface area (Å²) in [6, 6.07) is 0. The number of aliphatic hydroxyl groups excluding tert-OH is 2. The molecule has 3 heterocycles. The minimum Gasteiger partial charge on any atom is -0.387 e. The third kappa shape index (κ3) is 3.05. The molecule has 126 valence electrons. The van der Waals surface area contributed by atoms with E-state index in [4.69, 9.17) is 20.3 Å². The smallest absolute Gasteiger partial charge is 0.387 e. The van der Waals surface area contributed by atoms with Gasteiger partial charge in [-0.2, -0.15) is 0 Å². The molecule has 1 aliphatic rings. The Morgan fingerprint density at radius 1 is 1.30 bits per heavy atom. The number of phosphoric acid groups is 1. The average Bonchev–Trinajstić information content (AvgIpc) is 3.01. The molecule has 12 nitrogen and oxygen atoms in total. The van der Waals surface area contributed by atoms with Crippen molar-refractivity contribution in [2.24, 2.45) is 0 Å². The second kappa shape index (κ2) is 5.76. The van der Waals surface area contributed by atoms with Gasteiger partial charge in [0, 0.05) is 0 Å². The number of aromatic nitrogens is 4. The quantitative estimate of drug-likeness (QED) is 0.390. The van der Waals surface area contributed by atoms with Crippen LogP contribution in [0.15, 0.2) is 12.7 Å². The number of nitrogen functional groups attached to an aromatic ring is 1. The molecular formula is C10H14N5O7P. The Kier molecular flexibility index (Phi) is 4.06. The normalized spacial score (nSPS) is 28.5. The summed E-state index contributed by atoms with van der Waals surface area (Å²) in [5.74, 6) is 0.142. The van der Waals surface area contributed by atoms with Crippen LogP contribution in [0.3, 0.4) is 0 Å². The summed E-state index contributed by atoms with van der Waals surface area (Å²) in [6.07, 6.45) is -2.49. The highest BCUT2D eigenvalue weighted by molar-refractivity contribution is 7.46. The zero-order valence-electron chi connectivity index (χ0n) is 11.5. The Hall–Kier alpha value is -1.66. The first-order valence-electron chi connectivity index (χ1n) is 6.42. The van der Waals surface area contributed by atoms with Crippen LogP contribution in [0.25, 0.3) is 11.2 Å². The molecule has 0 spiro atoms. The summed E-state index contributed by atoms with van der Waals surface area (Å²) in [5.41, 5.74) is 6.25. The van der Waals surface area contributed by atoms with Crippen LogP contribution in [0, 0.1) is 0 Å². The van der Waals surface area contributed by atoms with Gasteiger partial charge in [0.15, 0.2) is 17.7 Å². The summed E-state index contributed by atoms with van der Waals surface area (Å²) >= 11 is 0. The van der Waals surface area contributed by atoms with Gasteiger partial charge in [-0.25, -0.2) is 19.5 Å². The second-order valence-electron chi connectivity index (χ2n) is 4.92. The second-order valence-corrected chi connectivity index (χ2v) is 6.15. The molecule has 0 amide bonds. The molecule has 1 fully saturated rings. The Labute approximate surface area is 128 Å². The van der Waals surface area contributed by atoms with E-state index in [-0.39, 0.29) is 11.5 Å². The number of nitrogens with zero attached hydrogens (tertiary/aromatic N) is 4. The first kappa shape index (κ1) is 16.2. The summed E-state index contributed by atoms with van der Waals surface area (Å²) < 4.78 is 21.8. The summed E-state index contributed by atoms with van der Waals surface area (Å²) in [7, 11) is -4.72. The monoisotopic (exact) mass is 347 g/mol. The number of hydrogen-bond acceptors (Lipinski definition) is 9. The summed E-state index contributed by atoms with van der Waals surface area (Å²) in [4.78, 5) is 29.2. The summed E-state index contributed by atoms with van der Waals surface area (Å²) in [6.45, 7) is -0.594. The molecule has 0 saturated carbocycles. The van der Waals surface area contributed by atoms with Gasteiger partial charge in [0.05, 0.1) is 12.9 Å². The number of phosphoric ester groups is 1. The Morgan fingerprint density at radius 2 is 2.04 bits per heavy atom. The van der Waals surface area contributed by atoms with Crippen LogP contribution in [-0.2, 0) is 13.8 Å². The van der Waals surface area contributed by atoms with Crippen molar-refractivity contribution < 1.29 is 33.8 Å². The maximum Gasteiger partial charge on any atom is 0.469 e. The number of nitrogens with two attached hydrogens (primary N) is 1. The van der Waals surface area contributed by atoms with Gasteiger partial charge >= 0.3 is 7.82 Å². The predicted octanol–water partition coefficient (Wildman–Crippen LogP) is -1.86. The first-order chi connectivity index (χ1) is 10.8. The molecule has 0 radical (unpaired) electrons. The van der Waals surface area contributed by atoms with E-state index in [2.05, 4.69) is 19.5 Å². The molecule has 1 saturated heterocycles. The third-order valence-electron chi connectivity index (χ3n) is 3.41. The van der Waals surface area contributed by atoms with Crippen molar-refractivity contribution in [2.45, 2.75) is 24.5 Å². The number of fused-ring (bicyclic) bond motifs is 1. The Bertz CT molecular complexity index is 763. The van der Waals surface area contributed by atoms with E-state index in [0.717, 1.165) is 0 Å². The largest absolute Gasteiger partial charge is 0.469 e. The number of rotatable bonds is 4. The molecule has 2 aromatic heterocycles. The number of aliphatic hydroxyl groups is 2. The fraction of sp³-hybridized carbons (Fsp3) is 0.500. The molecule has 4 atom stereocenters. The predicted molar refractivity (Wildman–Crippen MR) is 73.7 cm³/mol. The minimum absolute atomic E-state index is 0.142. The molecule has 0 aliphatic carbocycles. The van der Waals surface area contributed by atoms with E-state index in [1.165, 1.54) is 17.2 Å². The van der Waals surface area contributed by atoms with Crippen LogP contribution in [0.5, 0.6) is 0 Å². The van der Waals surface area contributed by atoms with Gasteiger partial charge in [-0.3, -0.25) is 9.09 Å². The van der Waals surface area contributed by atoms with Crippen LogP contribution in [0.4, 0.5) is 5.82 Å². The van der Waals surface area contributed by atoms with Crippen LogP contribution in [-0.4, -0.2) is 64.4 Å². The highest BCUT2D eigenvalue weighted by Crippen LogP contribution is 2.38. The van der Waals surface area contributed by atoms with Crippen molar-refractivity contribution in [3.63, 3.8) is 0 Å². The van der Waals surface area contributed by atoms with Crippen molar-refractivity contribution >= 4 is 24.8 Å². The lowest BCUT2D eigenvalue weighted by molar-refractivity contribution is -0.0504. The molecule has 0 unspecified atom stereocenters. The Morgan fingerprint density at radius 3 is 2.74 bits per heavy atom. The fourth-order valence-electron chi connectivity index (χ4n) is 2.32. The van der Waals surface area contributed by atoms with E-state index in [1.54, 1.807) is 0 Å². The van der Waals surface area contributed by atoms with Gasteiger partial charge < -0.3 is 30.5 Å². The van der Waals surface area contributed by atoms with Gasteiger partial charge in [-0.05, 0) is 0 Å². The van der Waals surface area contributed by atoms with Crippen molar-refractivity contribution in [1.82, 2.24) is 19.5 Å². The van der Waals surface area contributed by atoms with Gasteiger partial charge in [0.1, 0.15) is 30.2 Å². The van der Waals surface area contributed by atoms with Crippen molar-refractivity contribution in [3.8, 4) is 0 Å². The molecule has 6 N–H and O–H groups in total. The topological polar surface area (TPSA) is 186 Å². The highest BCUT2D eigenvalue weighted by Gasteiger charge is 2.45. The average molecular weight is 347 g/mol. The van der Waals surface area contributed by atoms with Gasteiger partial charge in [-0.1, -0.05) is 0 Å². The van der Waals surface area contributed by atoms with E-state index >= 15 is 0 Å². The van der Waals surface area contributed by atoms with Crippen molar-refractivity contribution in [1.29, 1.82) is 0 Å². The minimum atomic E-state index is -4.72. The van der Waals surface area contributed by atoms with Crippen molar-refractivity contribution in [3.05, 3.63) is 12.7 Å². The molecular weight excluding hydrogens is 333 g/mol. The first-order valence-corrected chi connectivity index (χ1v) is 7.95. The number of anilines is 1. The van der Waals surface area contributed by atoms with Crippen LogP contribution >= 0.6 is 7.82 Å². The van der Waals surface area contributed by atoms with E-state index in [1.807, 2.05) is 0 Å². The van der Waals surface area contributed by atoms with Crippen LogP contribution in [0.2, 0.25) is 0 Å². The third-order valence-corrected chi connectivity index (χ3v) is 3.89. The zero-order chi connectivity index (χ0) is 16.8. The molecule has 0 aromatic carbocycles. The highest BCUT2D eigenvalue weighted by atomic mass is 31.2. The van der Waals surface area contributed by atoms with E-state index in [9.17, 15) is 14.8 Å². The van der Waals surface area contributed by atoms with Crippen molar-refractivity contribution in [2.75, 3.05) is 12.3 Å². The maximum atomic E-state index is 10.7. The summed E-state index contributed by atoms with van der Waals surface area (Å²) in [5, 5.41) is 20.1. The number of ether oxygens (including phenoxy) is 1. The molecule has 23 heavy (non-hydrogen) atoms. The zero-order valence-corrected chi connectivity index (χ0v) is 12.4. The van der Waals surface area contributed by atoms with Gasteiger partial charge in [-0.15, -0.1) is 0 Å². The molecule has 13 heteroatoms. The molecule has 1 aliphatic heterocycles. The van der Waals surface area contributed by atoms with Gasteiger partial charge in [0.2, 0.25) is 0 Å². The molecule has 3 rings (SSSR count). The van der Waals surface area contributed by atoms with E-state index < -0.39 is 39.0 Å². The lowest BCUT2D eigenvalue weighted by Crippen LogP contribution is -2.33. The van der Waals surface area contributed by atoms with E-state index in [0.29, 0.717) is 5.52 Å². The molecule has 0 bridgehead atoms. The number of hydrogen-bond donors (Lipinski definition) is 5. The fourth-order valence-corrected chi connectivity index (χ4v) is 2.66. The van der Waals surface area contributed by atoms with Gasteiger partial charge in [0.25, 0.3) is 0 Å². The maximum absolute atomic E-state index is 10.7. The van der Waals surface area contributed by atoms with Crippen LogP contribution in [0.1, 0.15) is 6.23 Å². The lowest BCUT2D eigenvalue weighted by Gasteiger charge is -2.16. The Balaban J connectivity index is 1.85. The SMILES string of the molecule is Nc1ncnc2c1ncn2[C@@H]1O[C@@H](COP(=O)(O)O)[C@H](O)[C@H]1O.